The molecule has 0 saturated heterocycles. The van der Waals surface area contributed by atoms with Crippen molar-refractivity contribution < 1.29 is 4.39 Å². The zero-order valence-electron chi connectivity index (χ0n) is 10.0. The van der Waals surface area contributed by atoms with Crippen LogP contribution in [0.5, 0.6) is 0 Å². The molecule has 0 aliphatic rings. The third kappa shape index (κ3) is 2.84. The highest BCUT2D eigenvalue weighted by molar-refractivity contribution is 5.30. The minimum absolute atomic E-state index is 0.183. The van der Waals surface area contributed by atoms with Gasteiger partial charge in [0.1, 0.15) is 5.82 Å². The zero-order valence-corrected chi connectivity index (χ0v) is 10.0. The van der Waals surface area contributed by atoms with Crippen LogP contribution in [0.4, 0.5) is 10.3 Å². The van der Waals surface area contributed by atoms with E-state index < -0.39 is 0 Å². The molecule has 0 unspecified atom stereocenters. The number of benzene rings is 1. The Bertz CT molecular complexity index is 505. The molecule has 2 N–H and O–H groups in total. The Balaban J connectivity index is 2.04. The van der Waals surface area contributed by atoms with E-state index in [0.29, 0.717) is 0 Å². The Morgan fingerprint density at radius 2 is 2.18 bits per heavy atom. The number of imidazole rings is 1. The maximum absolute atomic E-state index is 13.0. The SMILES string of the molecule is CNc1nc(CCc2cccc(F)c2)c(C)[nH]1. The van der Waals surface area contributed by atoms with E-state index in [0.717, 1.165) is 35.7 Å². The molecular formula is C13H16FN3. The van der Waals surface area contributed by atoms with E-state index in [1.54, 1.807) is 12.1 Å². The summed E-state index contributed by atoms with van der Waals surface area (Å²) in [6.45, 7) is 1.99. The van der Waals surface area contributed by atoms with Crippen LogP contribution in [0.2, 0.25) is 0 Å². The van der Waals surface area contributed by atoms with Crippen molar-refractivity contribution in [1.29, 1.82) is 0 Å². The fourth-order valence-corrected chi connectivity index (χ4v) is 1.81. The number of hydrogen-bond acceptors (Lipinski definition) is 2. The van der Waals surface area contributed by atoms with E-state index in [1.807, 2.05) is 20.0 Å². The van der Waals surface area contributed by atoms with Crippen LogP contribution in [-0.2, 0) is 12.8 Å². The summed E-state index contributed by atoms with van der Waals surface area (Å²) in [4.78, 5) is 7.55. The predicted octanol–water partition coefficient (Wildman–Crippen LogP) is 2.68. The molecule has 0 bridgehead atoms. The van der Waals surface area contributed by atoms with Gasteiger partial charge in [0.25, 0.3) is 0 Å². The molecule has 2 aromatic rings. The maximum atomic E-state index is 13.0. The van der Waals surface area contributed by atoms with Crippen LogP contribution in [0.15, 0.2) is 24.3 Å². The van der Waals surface area contributed by atoms with Gasteiger partial charge in [-0.3, -0.25) is 0 Å². The number of aromatic nitrogens is 2. The molecule has 1 aromatic heterocycles. The van der Waals surface area contributed by atoms with Gasteiger partial charge in [-0.2, -0.15) is 0 Å². The van der Waals surface area contributed by atoms with Crippen molar-refractivity contribution in [3.63, 3.8) is 0 Å². The molecule has 0 radical (unpaired) electrons. The molecule has 0 aliphatic carbocycles. The van der Waals surface area contributed by atoms with Gasteiger partial charge in [0.05, 0.1) is 5.69 Å². The molecule has 3 nitrogen and oxygen atoms in total. The number of H-pyrrole nitrogens is 1. The first-order valence-corrected chi connectivity index (χ1v) is 5.66. The molecule has 0 amide bonds. The summed E-state index contributed by atoms with van der Waals surface area (Å²) in [7, 11) is 1.83. The molecule has 4 heteroatoms. The van der Waals surface area contributed by atoms with Crippen molar-refractivity contribution in [1.82, 2.24) is 9.97 Å². The van der Waals surface area contributed by atoms with Crippen LogP contribution in [-0.4, -0.2) is 17.0 Å². The van der Waals surface area contributed by atoms with Gasteiger partial charge >= 0.3 is 0 Å². The van der Waals surface area contributed by atoms with Gasteiger partial charge in [0.2, 0.25) is 0 Å². The lowest BCUT2D eigenvalue weighted by Gasteiger charge is -2.00. The second-order valence-electron chi connectivity index (χ2n) is 4.04. The summed E-state index contributed by atoms with van der Waals surface area (Å²) in [5, 5.41) is 2.97. The van der Waals surface area contributed by atoms with Crippen molar-refractivity contribution in [3.05, 3.63) is 47.0 Å². The maximum Gasteiger partial charge on any atom is 0.200 e. The zero-order chi connectivity index (χ0) is 12.3. The number of anilines is 1. The van der Waals surface area contributed by atoms with Crippen LogP contribution in [0.25, 0.3) is 0 Å². The Morgan fingerprint density at radius 1 is 1.35 bits per heavy atom. The predicted molar refractivity (Wildman–Crippen MR) is 66.7 cm³/mol. The molecule has 17 heavy (non-hydrogen) atoms. The van der Waals surface area contributed by atoms with Gasteiger partial charge in [-0.1, -0.05) is 12.1 Å². The summed E-state index contributed by atoms with van der Waals surface area (Å²) < 4.78 is 13.0. The van der Waals surface area contributed by atoms with E-state index in [-0.39, 0.29) is 5.82 Å². The van der Waals surface area contributed by atoms with Crippen LogP contribution in [0, 0.1) is 12.7 Å². The summed E-state index contributed by atoms with van der Waals surface area (Å²) in [6.07, 6.45) is 1.61. The first kappa shape index (κ1) is 11.6. The van der Waals surface area contributed by atoms with E-state index in [1.165, 1.54) is 6.07 Å². The van der Waals surface area contributed by atoms with Gasteiger partial charge in [0.15, 0.2) is 5.95 Å². The molecule has 2 rings (SSSR count). The number of aromatic amines is 1. The molecule has 0 aliphatic heterocycles. The molecule has 90 valence electrons. The third-order valence-corrected chi connectivity index (χ3v) is 2.76. The summed E-state index contributed by atoms with van der Waals surface area (Å²) in [5.74, 6) is 0.592. The second-order valence-corrected chi connectivity index (χ2v) is 4.04. The van der Waals surface area contributed by atoms with E-state index >= 15 is 0 Å². The first-order chi connectivity index (χ1) is 8.19. The molecule has 0 fully saturated rings. The smallest absolute Gasteiger partial charge is 0.200 e. The second kappa shape index (κ2) is 4.99. The normalized spacial score (nSPS) is 10.5. The van der Waals surface area contributed by atoms with Crippen LogP contribution >= 0.6 is 0 Å². The van der Waals surface area contributed by atoms with E-state index in [9.17, 15) is 4.39 Å². The Kier molecular flexibility index (Phi) is 3.42. The lowest BCUT2D eigenvalue weighted by atomic mass is 10.1. The number of hydrogen-bond donors (Lipinski definition) is 2. The van der Waals surface area contributed by atoms with Crippen molar-refractivity contribution in [2.45, 2.75) is 19.8 Å². The van der Waals surface area contributed by atoms with Gasteiger partial charge in [0, 0.05) is 12.7 Å². The Labute approximate surface area is 100 Å². The minimum atomic E-state index is -0.183. The highest BCUT2D eigenvalue weighted by Crippen LogP contribution is 2.12. The van der Waals surface area contributed by atoms with Crippen molar-refractivity contribution in [3.8, 4) is 0 Å². The lowest BCUT2D eigenvalue weighted by Crippen LogP contribution is -1.95. The number of aryl methyl sites for hydroxylation is 3. The molecule has 1 aromatic carbocycles. The molecular weight excluding hydrogens is 217 g/mol. The largest absolute Gasteiger partial charge is 0.359 e. The number of rotatable bonds is 4. The van der Waals surface area contributed by atoms with Gasteiger partial charge < -0.3 is 10.3 Å². The van der Waals surface area contributed by atoms with Crippen molar-refractivity contribution in [2.24, 2.45) is 0 Å². The molecule has 1 heterocycles. The number of nitrogens with one attached hydrogen (secondary N) is 2. The first-order valence-electron chi connectivity index (χ1n) is 5.66. The molecule has 0 atom stereocenters. The monoisotopic (exact) mass is 233 g/mol. The summed E-state index contributed by atoms with van der Waals surface area (Å²) in [5.41, 5.74) is 3.09. The van der Waals surface area contributed by atoms with Crippen molar-refractivity contribution >= 4 is 5.95 Å². The quantitative estimate of drug-likeness (QED) is 0.852. The average Bonchev–Trinajstić information content (AvgIpc) is 2.68. The van der Waals surface area contributed by atoms with Gasteiger partial charge in [-0.25, -0.2) is 9.37 Å². The van der Waals surface area contributed by atoms with E-state index in [4.69, 9.17) is 0 Å². The Hall–Kier alpha value is -1.84. The summed E-state index contributed by atoms with van der Waals surface area (Å²) in [6, 6.07) is 6.70. The fourth-order valence-electron chi connectivity index (χ4n) is 1.81. The lowest BCUT2D eigenvalue weighted by molar-refractivity contribution is 0.625. The fraction of sp³-hybridized carbons (Fsp3) is 0.308. The van der Waals surface area contributed by atoms with Crippen molar-refractivity contribution in [2.75, 3.05) is 12.4 Å². The Morgan fingerprint density at radius 3 is 2.82 bits per heavy atom. The topological polar surface area (TPSA) is 40.7 Å². The highest BCUT2D eigenvalue weighted by atomic mass is 19.1. The van der Waals surface area contributed by atoms with Gasteiger partial charge in [-0.05, 0) is 37.5 Å². The third-order valence-electron chi connectivity index (χ3n) is 2.76. The minimum Gasteiger partial charge on any atom is -0.359 e. The number of nitrogens with zero attached hydrogens (tertiary/aromatic N) is 1. The van der Waals surface area contributed by atoms with Crippen LogP contribution in [0.1, 0.15) is 17.0 Å². The average molecular weight is 233 g/mol. The molecule has 0 spiro atoms. The van der Waals surface area contributed by atoms with E-state index in [2.05, 4.69) is 15.3 Å². The van der Waals surface area contributed by atoms with Crippen LogP contribution in [0.3, 0.4) is 0 Å². The molecule has 0 saturated carbocycles. The summed E-state index contributed by atoms with van der Waals surface area (Å²) >= 11 is 0. The van der Waals surface area contributed by atoms with Gasteiger partial charge in [-0.15, -0.1) is 0 Å². The van der Waals surface area contributed by atoms with Crippen LogP contribution < -0.4 is 5.32 Å². The highest BCUT2D eigenvalue weighted by Gasteiger charge is 2.05. The standard InChI is InChI=1S/C13H16FN3/c1-9-12(17-13(15-2)16-9)7-6-10-4-3-5-11(14)8-10/h3-5,8H,6-7H2,1-2H3,(H2,15,16,17). The number of halogens is 1.